The molecule has 0 unspecified atom stereocenters. The normalized spacial score (nSPS) is 14.9. The topological polar surface area (TPSA) is 46.5 Å². The van der Waals surface area contributed by atoms with Gasteiger partial charge in [-0.1, -0.05) is 18.2 Å². The molecule has 0 atom stereocenters. The molecule has 3 heteroatoms. The Morgan fingerprint density at radius 3 is 1.93 bits per heavy atom. The van der Waals surface area contributed by atoms with Crippen molar-refractivity contribution in [2.24, 2.45) is 0 Å². The number of carboxylic acid groups (broad SMARTS) is 1. The zero-order valence-corrected chi connectivity index (χ0v) is 8.69. The van der Waals surface area contributed by atoms with Crippen LogP contribution in [0.15, 0.2) is 30.3 Å². The summed E-state index contributed by atoms with van der Waals surface area (Å²) in [4.78, 5) is 10.2. The number of benzene rings is 1. The maximum atomic E-state index is 10.2. The van der Waals surface area contributed by atoms with Crippen molar-refractivity contribution < 1.29 is 14.6 Å². The van der Waals surface area contributed by atoms with E-state index in [0.29, 0.717) is 5.56 Å². The third kappa shape index (κ3) is 5.18. The Bertz CT molecular complexity index is 267. The molecule has 1 N–H and O–H groups in total. The number of hydrogen-bond acceptors (Lipinski definition) is 2. The van der Waals surface area contributed by atoms with E-state index in [0.717, 1.165) is 13.2 Å². The van der Waals surface area contributed by atoms with Crippen molar-refractivity contribution in [3.8, 4) is 0 Å². The van der Waals surface area contributed by atoms with Crippen LogP contribution in [0.2, 0.25) is 0 Å². The molecule has 0 radical (unpaired) electrons. The molecule has 1 aromatic carbocycles. The number of carbonyl (C=O) groups is 1. The van der Waals surface area contributed by atoms with E-state index in [2.05, 4.69) is 0 Å². The summed E-state index contributed by atoms with van der Waals surface area (Å²) >= 11 is 0. The van der Waals surface area contributed by atoms with Gasteiger partial charge in [-0.3, -0.25) is 0 Å². The molecule has 1 fully saturated rings. The molecule has 0 saturated carbocycles. The van der Waals surface area contributed by atoms with Crippen LogP contribution < -0.4 is 0 Å². The van der Waals surface area contributed by atoms with Gasteiger partial charge in [0.15, 0.2) is 0 Å². The molecular weight excluding hydrogens is 192 g/mol. The van der Waals surface area contributed by atoms with Gasteiger partial charge in [-0.05, 0) is 31.4 Å². The quantitative estimate of drug-likeness (QED) is 0.771. The van der Waals surface area contributed by atoms with E-state index < -0.39 is 5.97 Å². The van der Waals surface area contributed by atoms with Gasteiger partial charge in [0.2, 0.25) is 0 Å². The van der Waals surface area contributed by atoms with Gasteiger partial charge in [0.1, 0.15) is 0 Å². The summed E-state index contributed by atoms with van der Waals surface area (Å²) in [5, 5.41) is 8.38. The molecule has 1 saturated heterocycles. The molecule has 2 rings (SSSR count). The van der Waals surface area contributed by atoms with E-state index in [9.17, 15) is 4.79 Å². The second kappa shape index (κ2) is 7.01. The molecule has 0 aromatic heterocycles. The van der Waals surface area contributed by atoms with Crippen molar-refractivity contribution in [2.45, 2.75) is 19.3 Å². The molecule has 0 bridgehead atoms. The van der Waals surface area contributed by atoms with Gasteiger partial charge in [0.25, 0.3) is 0 Å². The van der Waals surface area contributed by atoms with Crippen LogP contribution in [0.25, 0.3) is 0 Å². The summed E-state index contributed by atoms with van der Waals surface area (Å²) in [5.41, 5.74) is 0.331. The van der Waals surface area contributed by atoms with Crippen LogP contribution >= 0.6 is 0 Å². The predicted molar refractivity (Wildman–Crippen MR) is 58.1 cm³/mol. The number of hydrogen-bond donors (Lipinski definition) is 1. The molecular formula is C12H16O3. The smallest absolute Gasteiger partial charge is 0.335 e. The summed E-state index contributed by atoms with van der Waals surface area (Å²) in [6.45, 7) is 2.00. The lowest BCUT2D eigenvalue weighted by Gasteiger charge is -2.08. The first kappa shape index (κ1) is 11.7. The van der Waals surface area contributed by atoms with E-state index in [-0.39, 0.29) is 0 Å². The molecule has 82 valence electrons. The number of aromatic carboxylic acids is 1. The largest absolute Gasteiger partial charge is 0.478 e. The van der Waals surface area contributed by atoms with Crippen molar-refractivity contribution in [2.75, 3.05) is 13.2 Å². The van der Waals surface area contributed by atoms with Crippen LogP contribution in [-0.4, -0.2) is 24.3 Å². The second-order valence-electron chi connectivity index (χ2n) is 3.34. The standard InChI is InChI=1S/C7H6O2.C5H10O/c8-7(9)6-4-2-1-3-5-6;1-2-4-6-5-3-1/h1-5H,(H,8,9);1-5H2. The van der Waals surface area contributed by atoms with E-state index in [1.807, 2.05) is 0 Å². The fourth-order valence-electron chi connectivity index (χ4n) is 1.27. The maximum absolute atomic E-state index is 10.2. The zero-order valence-electron chi connectivity index (χ0n) is 8.69. The predicted octanol–water partition coefficient (Wildman–Crippen LogP) is 2.57. The SMILES string of the molecule is C1CCOCC1.O=C(O)c1ccccc1. The first-order valence-corrected chi connectivity index (χ1v) is 5.17. The molecule has 1 aromatic rings. The van der Waals surface area contributed by atoms with Gasteiger partial charge in [0.05, 0.1) is 5.56 Å². The fraction of sp³-hybridized carbons (Fsp3) is 0.417. The van der Waals surface area contributed by atoms with Gasteiger partial charge in [0, 0.05) is 13.2 Å². The van der Waals surface area contributed by atoms with Gasteiger partial charge < -0.3 is 9.84 Å². The summed E-state index contributed by atoms with van der Waals surface area (Å²) in [6, 6.07) is 8.30. The minimum Gasteiger partial charge on any atom is -0.478 e. The summed E-state index contributed by atoms with van der Waals surface area (Å²) in [7, 11) is 0. The highest BCUT2D eigenvalue weighted by Crippen LogP contribution is 2.02. The van der Waals surface area contributed by atoms with Crippen LogP contribution in [0, 0.1) is 0 Å². The lowest BCUT2D eigenvalue weighted by Crippen LogP contribution is -2.03. The number of carboxylic acids is 1. The van der Waals surface area contributed by atoms with Crippen LogP contribution in [0.3, 0.4) is 0 Å². The van der Waals surface area contributed by atoms with E-state index >= 15 is 0 Å². The van der Waals surface area contributed by atoms with Crippen molar-refractivity contribution in [1.82, 2.24) is 0 Å². The molecule has 0 spiro atoms. The number of rotatable bonds is 1. The van der Waals surface area contributed by atoms with Crippen molar-refractivity contribution in [3.63, 3.8) is 0 Å². The highest BCUT2D eigenvalue weighted by molar-refractivity contribution is 5.87. The third-order valence-corrected chi connectivity index (χ3v) is 2.10. The average Bonchev–Trinajstić information content (AvgIpc) is 2.33. The van der Waals surface area contributed by atoms with Crippen LogP contribution in [-0.2, 0) is 4.74 Å². The minimum absolute atomic E-state index is 0.331. The fourth-order valence-corrected chi connectivity index (χ4v) is 1.27. The monoisotopic (exact) mass is 208 g/mol. The Morgan fingerprint density at radius 2 is 1.67 bits per heavy atom. The van der Waals surface area contributed by atoms with Crippen LogP contribution in [0.4, 0.5) is 0 Å². The summed E-state index contributed by atoms with van der Waals surface area (Å²) in [5.74, 6) is -0.879. The highest BCUT2D eigenvalue weighted by Gasteiger charge is 1.96. The molecule has 15 heavy (non-hydrogen) atoms. The van der Waals surface area contributed by atoms with Crippen LogP contribution in [0.1, 0.15) is 29.6 Å². The summed E-state index contributed by atoms with van der Waals surface area (Å²) < 4.78 is 5.07. The van der Waals surface area contributed by atoms with Gasteiger partial charge >= 0.3 is 5.97 Å². The molecule has 1 heterocycles. The zero-order chi connectivity index (χ0) is 10.9. The Morgan fingerprint density at radius 1 is 1.07 bits per heavy atom. The molecule has 1 aliphatic rings. The Labute approximate surface area is 89.7 Å². The highest BCUT2D eigenvalue weighted by atomic mass is 16.5. The second-order valence-corrected chi connectivity index (χ2v) is 3.34. The van der Waals surface area contributed by atoms with E-state index in [1.54, 1.807) is 30.3 Å². The molecule has 1 aliphatic heterocycles. The van der Waals surface area contributed by atoms with E-state index in [4.69, 9.17) is 9.84 Å². The summed E-state index contributed by atoms with van der Waals surface area (Å²) in [6.07, 6.45) is 3.93. The lowest BCUT2D eigenvalue weighted by atomic mass is 10.2. The van der Waals surface area contributed by atoms with Gasteiger partial charge in [-0.25, -0.2) is 4.79 Å². The van der Waals surface area contributed by atoms with Gasteiger partial charge in [-0.2, -0.15) is 0 Å². The van der Waals surface area contributed by atoms with Crippen molar-refractivity contribution in [3.05, 3.63) is 35.9 Å². The third-order valence-electron chi connectivity index (χ3n) is 2.10. The van der Waals surface area contributed by atoms with Crippen molar-refractivity contribution in [1.29, 1.82) is 0 Å². The number of ether oxygens (including phenoxy) is 1. The lowest BCUT2D eigenvalue weighted by molar-refractivity contribution is 0.0697. The van der Waals surface area contributed by atoms with Crippen LogP contribution in [0.5, 0.6) is 0 Å². The average molecular weight is 208 g/mol. The molecule has 0 amide bonds. The molecule has 3 nitrogen and oxygen atoms in total. The van der Waals surface area contributed by atoms with Gasteiger partial charge in [-0.15, -0.1) is 0 Å². The Balaban J connectivity index is 0.000000162. The Kier molecular flexibility index (Phi) is 5.48. The maximum Gasteiger partial charge on any atom is 0.335 e. The molecule has 0 aliphatic carbocycles. The Hall–Kier alpha value is -1.35. The van der Waals surface area contributed by atoms with Crippen molar-refractivity contribution >= 4 is 5.97 Å². The first-order chi connectivity index (χ1) is 7.30. The minimum atomic E-state index is -0.879. The first-order valence-electron chi connectivity index (χ1n) is 5.17. The van der Waals surface area contributed by atoms with E-state index in [1.165, 1.54) is 19.3 Å².